The average molecular weight is 445 g/mol. The predicted molar refractivity (Wildman–Crippen MR) is 110 cm³/mol. The molecule has 0 saturated carbocycles. The fourth-order valence-corrected chi connectivity index (χ4v) is 3.79. The molecule has 0 aliphatic carbocycles. The highest BCUT2D eigenvalue weighted by Gasteiger charge is 2.35. The lowest BCUT2D eigenvalue weighted by Gasteiger charge is -2.26. The highest BCUT2D eigenvalue weighted by Crippen LogP contribution is 2.39. The summed E-state index contributed by atoms with van der Waals surface area (Å²) in [6, 6.07) is 5.40. The van der Waals surface area contributed by atoms with Crippen LogP contribution in [0.2, 0.25) is 5.02 Å². The van der Waals surface area contributed by atoms with Crippen molar-refractivity contribution >= 4 is 40.6 Å². The Balaban J connectivity index is 2.00. The molecule has 156 valence electrons. The fraction of sp³-hybridized carbons (Fsp3) is 0.368. The summed E-state index contributed by atoms with van der Waals surface area (Å²) in [7, 11) is 0. The molecule has 1 fully saturated rings. The van der Waals surface area contributed by atoms with E-state index in [-0.39, 0.29) is 11.3 Å². The Morgan fingerprint density at radius 1 is 1.28 bits per heavy atom. The van der Waals surface area contributed by atoms with Crippen molar-refractivity contribution in [3.05, 3.63) is 46.6 Å². The maximum atomic E-state index is 13.4. The van der Waals surface area contributed by atoms with E-state index in [0.717, 1.165) is 25.1 Å². The van der Waals surface area contributed by atoms with E-state index in [1.807, 2.05) is 6.26 Å². The first-order chi connectivity index (χ1) is 13.8. The second-order valence-electron chi connectivity index (χ2n) is 6.48. The van der Waals surface area contributed by atoms with E-state index in [4.69, 9.17) is 11.6 Å². The number of halogens is 4. The fourth-order valence-electron chi connectivity index (χ4n) is 3.11. The molecule has 1 saturated heterocycles. The number of rotatable bonds is 4. The van der Waals surface area contributed by atoms with Gasteiger partial charge in [-0.2, -0.15) is 13.2 Å². The number of thioether (sulfide) groups is 1. The SMILES string of the molecule is CSc1cc(NC(=O)c2cc(Cl)c(C(F)(F)F)cc2N2CCCNCC2)ccn1. The molecule has 1 aliphatic heterocycles. The van der Waals surface area contributed by atoms with Gasteiger partial charge in [-0.25, -0.2) is 4.98 Å². The van der Waals surface area contributed by atoms with Gasteiger partial charge in [-0.1, -0.05) is 11.6 Å². The van der Waals surface area contributed by atoms with Crippen LogP contribution in [0.1, 0.15) is 22.3 Å². The minimum atomic E-state index is -4.61. The maximum absolute atomic E-state index is 13.4. The zero-order valence-corrected chi connectivity index (χ0v) is 17.2. The van der Waals surface area contributed by atoms with Gasteiger partial charge in [0.25, 0.3) is 5.91 Å². The number of alkyl halides is 3. The molecular formula is C19H20ClF3N4OS. The lowest BCUT2D eigenvalue weighted by atomic mass is 10.1. The van der Waals surface area contributed by atoms with Gasteiger partial charge in [-0.05, 0) is 43.5 Å². The molecule has 0 spiro atoms. The Morgan fingerprint density at radius 3 is 2.79 bits per heavy atom. The number of nitrogens with one attached hydrogen (secondary N) is 2. The van der Waals surface area contributed by atoms with Crippen LogP contribution in [0, 0.1) is 0 Å². The third-order valence-corrected chi connectivity index (χ3v) is 5.47. The predicted octanol–water partition coefficient (Wildman–Crippen LogP) is 4.53. The summed E-state index contributed by atoms with van der Waals surface area (Å²) in [5.74, 6) is -0.522. The minimum Gasteiger partial charge on any atom is -0.370 e. The first-order valence-electron chi connectivity index (χ1n) is 8.97. The van der Waals surface area contributed by atoms with Crippen LogP contribution in [-0.4, -0.2) is 43.3 Å². The summed E-state index contributed by atoms with van der Waals surface area (Å²) in [6.45, 7) is 2.42. The molecule has 2 heterocycles. The van der Waals surface area contributed by atoms with Crippen LogP contribution in [0.3, 0.4) is 0 Å². The Bertz CT molecular complexity index is 886. The van der Waals surface area contributed by atoms with Crippen LogP contribution in [0.25, 0.3) is 0 Å². The molecule has 2 N–H and O–H groups in total. The number of aromatic nitrogens is 1. The maximum Gasteiger partial charge on any atom is 0.417 e. The van der Waals surface area contributed by atoms with E-state index in [0.29, 0.717) is 30.3 Å². The molecule has 2 aromatic rings. The van der Waals surface area contributed by atoms with Crippen LogP contribution in [0.15, 0.2) is 35.5 Å². The first kappa shape index (κ1) is 21.7. The van der Waals surface area contributed by atoms with Gasteiger partial charge in [0.15, 0.2) is 0 Å². The van der Waals surface area contributed by atoms with Crippen molar-refractivity contribution in [3.8, 4) is 0 Å². The third-order valence-electron chi connectivity index (χ3n) is 4.52. The smallest absolute Gasteiger partial charge is 0.370 e. The van der Waals surface area contributed by atoms with Crippen molar-refractivity contribution in [1.29, 1.82) is 0 Å². The van der Waals surface area contributed by atoms with Crippen LogP contribution >= 0.6 is 23.4 Å². The van der Waals surface area contributed by atoms with Crippen molar-refractivity contribution in [2.75, 3.05) is 42.7 Å². The van der Waals surface area contributed by atoms with E-state index >= 15 is 0 Å². The summed E-state index contributed by atoms with van der Waals surface area (Å²) < 4.78 is 40.2. The van der Waals surface area contributed by atoms with Crippen molar-refractivity contribution < 1.29 is 18.0 Å². The van der Waals surface area contributed by atoms with Gasteiger partial charge in [0.1, 0.15) is 0 Å². The number of pyridine rings is 1. The molecule has 1 aliphatic rings. The molecule has 1 amide bonds. The number of hydrogen-bond acceptors (Lipinski definition) is 5. The third kappa shape index (κ3) is 5.34. The summed E-state index contributed by atoms with van der Waals surface area (Å²) in [5, 5.41) is 6.16. The molecule has 10 heteroatoms. The number of carbonyl (C=O) groups excluding carboxylic acids is 1. The highest BCUT2D eigenvalue weighted by atomic mass is 35.5. The standard InChI is InChI=1S/C19H20ClF3N4OS/c1-29-17-9-12(3-5-25-17)26-18(28)13-10-15(20)14(19(21,22)23)11-16(13)27-7-2-4-24-6-8-27/h3,5,9-11,24H,2,4,6-8H2,1H3,(H,25,26,28). The molecule has 1 aromatic carbocycles. The monoisotopic (exact) mass is 444 g/mol. The van der Waals surface area contributed by atoms with Gasteiger partial charge in [0.05, 0.1) is 26.9 Å². The molecule has 5 nitrogen and oxygen atoms in total. The molecule has 0 bridgehead atoms. The summed E-state index contributed by atoms with van der Waals surface area (Å²) in [5.41, 5.74) is -0.111. The van der Waals surface area contributed by atoms with Gasteiger partial charge < -0.3 is 15.5 Å². The van der Waals surface area contributed by atoms with Crippen LogP contribution < -0.4 is 15.5 Å². The van der Waals surface area contributed by atoms with Crippen molar-refractivity contribution in [2.45, 2.75) is 17.6 Å². The molecule has 0 radical (unpaired) electrons. The normalized spacial score (nSPS) is 15.1. The Kier molecular flexibility index (Phi) is 6.92. The minimum absolute atomic E-state index is 0.104. The highest BCUT2D eigenvalue weighted by molar-refractivity contribution is 7.98. The average Bonchev–Trinajstić information content (AvgIpc) is 2.96. The van der Waals surface area contributed by atoms with E-state index in [2.05, 4.69) is 15.6 Å². The van der Waals surface area contributed by atoms with Crippen molar-refractivity contribution in [2.24, 2.45) is 0 Å². The first-order valence-corrected chi connectivity index (χ1v) is 10.6. The summed E-state index contributed by atoms with van der Waals surface area (Å²) >= 11 is 7.33. The molecule has 3 rings (SSSR count). The Morgan fingerprint density at radius 2 is 2.07 bits per heavy atom. The molecule has 0 atom stereocenters. The number of benzene rings is 1. The van der Waals surface area contributed by atoms with E-state index in [1.54, 1.807) is 23.2 Å². The number of amides is 1. The van der Waals surface area contributed by atoms with Gasteiger partial charge in [-0.15, -0.1) is 11.8 Å². The second-order valence-corrected chi connectivity index (χ2v) is 7.71. The van der Waals surface area contributed by atoms with Gasteiger partial charge >= 0.3 is 6.18 Å². The Hall–Kier alpha value is -1.97. The molecular weight excluding hydrogens is 425 g/mol. The molecule has 0 unspecified atom stereocenters. The number of hydrogen-bond donors (Lipinski definition) is 2. The zero-order valence-electron chi connectivity index (χ0n) is 15.6. The summed E-state index contributed by atoms with van der Waals surface area (Å²) in [4.78, 5) is 18.9. The van der Waals surface area contributed by atoms with Crippen molar-refractivity contribution in [1.82, 2.24) is 10.3 Å². The van der Waals surface area contributed by atoms with Gasteiger partial charge in [0.2, 0.25) is 0 Å². The molecule has 1 aromatic heterocycles. The van der Waals surface area contributed by atoms with E-state index in [1.165, 1.54) is 11.8 Å². The molecule has 29 heavy (non-hydrogen) atoms. The van der Waals surface area contributed by atoms with Crippen molar-refractivity contribution in [3.63, 3.8) is 0 Å². The Labute approximate surface area is 176 Å². The zero-order chi connectivity index (χ0) is 21.0. The largest absolute Gasteiger partial charge is 0.417 e. The van der Waals surface area contributed by atoms with Crippen LogP contribution in [0.5, 0.6) is 0 Å². The number of anilines is 2. The van der Waals surface area contributed by atoms with E-state index in [9.17, 15) is 18.0 Å². The van der Waals surface area contributed by atoms with Gasteiger partial charge in [0, 0.05) is 31.5 Å². The number of carbonyl (C=O) groups is 1. The number of nitrogens with zero attached hydrogens (tertiary/aromatic N) is 2. The second kappa shape index (κ2) is 9.23. The van der Waals surface area contributed by atoms with Crippen LogP contribution in [0.4, 0.5) is 24.5 Å². The van der Waals surface area contributed by atoms with E-state index < -0.39 is 22.7 Å². The lowest BCUT2D eigenvalue weighted by Crippen LogP contribution is -2.30. The van der Waals surface area contributed by atoms with Crippen LogP contribution in [-0.2, 0) is 6.18 Å². The topological polar surface area (TPSA) is 57.3 Å². The summed E-state index contributed by atoms with van der Waals surface area (Å²) in [6.07, 6.45) is -0.437. The quantitative estimate of drug-likeness (QED) is 0.679. The van der Waals surface area contributed by atoms with Gasteiger partial charge in [-0.3, -0.25) is 4.79 Å². The lowest BCUT2D eigenvalue weighted by molar-refractivity contribution is -0.137.